The summed E-state index contributed by atoms with van der Waals surface area (Å²) < 4.78 is 39.8. The number of nitrogens with one attached hydrogen (secondary N) is 4. The number of aryl methyl sites for hydroxylation is 1. The first-order valence-electron chi connectivity index (χ1n) is 48.5. The monoisotopic (exact) mass is 1900 g/mol. The fourth-order valence-electron chi connectivity index (χ4n) is 21.4. The van der Waals surface area contributed by atoms with Crippen molar-refractivity contribution in [2.45, 2.75) is 256 Å². The van der Waals surface area contributed by atoms with E-state index < -0.39 is 0 Å². The van der Waals surface area contributed by atoms with Gasteiger partial charge in [-0.25, -0.2) is 33.6 Å². The summed E-state index contributed by atoms with van der Waals surface area (Å²) in [6.07, 6.45) is 22.1. The third-order valence-electron chi connectivity index (χ3n) is 30.9. The SMILES string of the molecule is CN1C(=O)N2C[C@H]1CC[C@H]2c1nnc(C2(CN=C(N)N)CC2)o1.CN1C(=O)N2C[C@H]1CC[C@H]2c1nnc(CC2(N)CC2)o1.CN1C(=O)N2C[C@H]1CC[C@H]2c1nnc(CC2CNC2)o1.CN1C(=O)N2C[C@H]1CC[C@H]2c1nnc(CCCN)o1.CN1C(=O)N2C[C@H]1CC[C@H]2c1nnc(CNC2CNC2)o1.CN1C(=O)N2C[C@H]1CC[C@H]2c1nnco1.CNCCc1nnc([C@@H]2CC[C@@H]3CN2C(=O)N3C)o1. The van der Waals surface area contributed by atoms with E-state index in [4.69, 9.17) is 53.9 Å². The Morgan fingerprint density at radius 3 is 1.08 bits per heavy atom. The van der Waals surface area contributed by atoms with Gasteiger partial charge in [-0.05, 0) is 155 Å². The van der Waals surface area contributed by atoms with Gasteiger partial charge in [-0.3, -0.25) is 4.99 Å². The third-order valence-corrected chi connectivity index (χ3v) is 30.9. The lowest BCUT2D eigenvalue weighted by Crippen LogP contribution is -2.55. The van der Waals surface area contributed by atoms with E-state index in [-0.39, 0.29) is 101 Å². The minimum atomic E-state index is -0.224. The number of aromatic nitrogens is 14. The number of amides is 14. The Labute approximate surface area is 791 Å². The number of rotatable bonds is 23. The van der Waals surface area contributed by atoms with Crippen LogP contribution >= 0.6 is 0 Å². The number of nitrogens with zero attached hydrogens (tertiary/aromatic N) is 29. The predicted molar refractivity (Wildman–Crippen MR) is 479 cm³/mol. The first-order valence-corrected chi connectivity index (χ1v) is 48.5. The van der Waals surface area contributed by atoms with Gasteiger partial charge in [0.2, 0.25) is 83.0 Å². The number of piperidine rings is 7. The summed E-state index contributed by atoms with van der Waals surface area (Å²) in [7, 11) is 14.9. The smallest absolute Gasteiger partial charge is 0.320 e. The minimum Gasteiger partial charge on any atom is -0.426 e. The molecule has 18 aliphatic rings. The summed E-state index contributed by atoms with van der Waals surface area (Å²) in [6, 6.07) is 2.88. The Kier molecular flexibility index (Phi) is 27.0. The van der Waals surface area contributed by atoms with Crippen LogP contribution in [0.15, 0.2) is 42.3 Å². The van der Waals surface area contributed by atoms with Crippen molar-refractivity contribution >= 4 is 48.2 Å². The van der Waals surface area contributed by atoms with E-state index in [0.29, 0.717) is 170 Å². The molecule has 0 unspecified atom stereocenters. The second kappa shape index (κ2) is 39.4. The molecule has 2 saturated carbocycles. The summed E-state index contributed by atoms with van der Waals surface area (Å²) in [5.74, 6) is 8.36. The van der Waals surface area contributed by atoms with Crippen molar-refractivity contribution in [1.29, 1.82) is 0 Å². The fourth-order valence-corrected chi connectivity index (χ4v) is 21.4. The number of hydrogen-bond acceptors (Lipinski definition) is 35. The number of aliphatic imine (C=N–C) groups is 1. The van der Waals surface area contributed by atoms with Crippen molar-refractivity contribution in [2.75, 3.05) is 148 Å². The Morgan fingerprint density at radius 2 is 0.745 bits per heavy atom. The Morgan fingerprint density at radius 1 is 0.409 bits per heavy atom. The molecule has 7 aromatic rings. The third kappa shape index (κ3) is 19.4. The van der Waals surface area contributed by atoms with E-state index in [0.717, 1.165) is 207 Å². The van der Waals surface area contributed by atoms with Crippen LogP contribution < -0.4 is 44.2 Å². The van der Waals surface area contributed by atoms with Gasteiger partial charge >= 0.3 is 42.2 Å². The van der Waals surface area contributed by atoms with E-state index >= 15 is 0 Å². The molecular formula is C86H129N37O14. The molecule has 0 spiro atoms. The number of nitrogens with two attached hydrogens (primary N) is 4. The van der Waals surface area contributed by atoms with E-state index in [2.05, 4.69) is 97.6 Å². The molecule has 14 bridgehead atoms. The number of likely N-dealkylation sites (N-methyl/N-ethyl adjacent to an activating group) is 8. The van der Waals surface area contributed by atoms with Gasteiger partial charge in [0, 0.05) is 152 Å². The molecule has 18 fully saturated rings. The number of carbonyl (C=O) groups is 7. The zero-order valence-electron chi connectivity index (χ0n) is 79.2. The number of guanidine groups is 1. The summed E-state index contributed by atoms with van der Waals surface area (Å²) in [4.78, 5) is 115. The number of hydrogen-bond donors (Lipinski definition) is 8. The van der Waals surface area contributed by atoms with E-state index in [1.807, 2.05) is 115 Å². The summed E-state index contributed by atoms with van der Waals surface area (Å²) in [5.41, 5.74) is 22.0. The highest BCUT2D eigenvalue weighted by Gasteiger charge is 2.55. The second-order valence-electron chi connectivity index (χ2n) is 39.7. The Hall–Kier alpha value is -12.1. The molecule has 14 atom stereocenters. The lowest BCUT2D eigenvalue weighted by molar-refractivity contribution is 0.165. The Bertz CT molecular complexity index is 5340. The quantitative estimate of drug-likeness (QED) is 0.0336. The first kappa shape index (κ1) is 93.9. The molecule has 51 heteroatoms. The van der Waals surface area contributed by atoms with E-state index in [9.17, 15) is 33.6 Å². The maximum atomic E-state index is 12.3. The van der Waals surface area contributed by atoms with Gasteiger partial charge in [-0.1, -0.05) is 0 Å². The van der Waals surface area contributed by atoms with Gasteiger partial charge in [-0.2, -0.15) is 0 Å². The maximum absolute atomic E-state index is 12.3. The molecule has 0 radical (unpaired) electrons. The van der Waals surface area contributed by atoms with E-state index in [1.165, 1.54) is 6.39 Å². The molecule has 12 N–H and O–H groups in total. The van der Waals surface area contributed by atoms with Gasteiger partial charge < -0.3 is 144 Å². The normalized spacial score (nSPS) is 28.7. The van der Waals surface area contributed by atoms with Gasteiger partial charge in [-0.15, -0.1) is 71.4 Å². The first-order chi connectivity index (χ1) is 66.2. The van der Waals surface area contributed by atoms with Crippen molar-refractivity contribution in [3.05, 3.63) is 83.0 Å². The highest BCUT2D eigenvalue weighted by molar-refractivity contribution is 5.81. The van der Waals surface area contributed by atoms with Gasteiger partial charge in [0.15, 0.2) is 5.96 Å². The molecule has 742 valence electrons. The molecule has 16 saturated heterocycles. The van der Waals surface area contributed by atoms with Gasteiger partial charge in [0.05, 0.1) is 60.8 Å². The topological polar surface area (TPSA) is 602 Å². The number of fused-ring (bicyclic) bond motifs is 14. The molecule has 51 nitrogen and oxygen atoms in total. The maximum Gasteiger partial charge on any atom is 0.320 e. The van der Waals surface area contributed by atoms with Gasteiger partial charge in [0.25, 0.3) is 0 Å². The van der Waals surface area contributed by atoms with Crippen LogP contribution in [-0.2, 0) is 37.6 Å². The van der Waals surface area contributed by atoms with Crippen molar-refractivity contribution in [3.8, 4) is 0 Å². The molecule has 25 rings (SSSR count). The molecule has 14 amide bonds. The molecule has 23 heterocycles. The van der Waals surface area contributed by atoms with Crippen molar-refractivity contribution in [3.63, 3.8) is 0 Å². The molecule has 16 aliphatic heterocycles. The largest absolute Gasteiger partial charge is 0.426 e. The molecule has 137 heavy (non-hydrogen) atoms. The zero-order chi connectivity index (χ0) is 95.4. The average Bonchev–Trinajstić information content (AvgIpc) is 1.57. The lowest BCUT2D eigenvalue weighted by atomic mass is 9.99. The van der Waals surface area contributed by atoms with Crippen LogP contribution in [0.25, 0.3) is 0 Å². The molecular weight excluding hydrogens is 1780 g/mol. The number of carbonyl (C=O) groups excluding carboxylic acids is 7. The lowest BCUT2D eigenvalue weighted by Gasteiger charge is -2.28. The standard InChI is InChI=1S/C14H21N7O2.C13H20N6O2.2C13H19N5O2.2C12H19N5O2.C9H12N4O2/c1-20-8-2-3-9(21(6-8)13(20)22)10-18-19-11(23-10)14(4-5-14)7-17-12(15)16;1-18-9-2-3-10(19(7-9)13(18)20)12-17-16-11(21-12)6-15-8-4-14-5-8;1-17-9-2-3-10(18(7-9)13(17)19)12-16-15-11(20-12)4-8-5-14-6-8;1-17-8-2-3-9(18(7-8)12(17)19)11-16-15-10(20-11)6-13(14)4-5-13;1-13-6-5-10-14-15-11(19-10)9-4-3-8-7-17(9)12(18)16(8)2;1-16-8-4-5-9(17(7-8)12(16)18)11-15-14-10(19-11)3-2-6-13;1-12-6-2-3-7(8-11-10-5-15-8)13(4-6)9(12)14/h8-9H,2-7H2,1H3,(H4,15,16,17);8-10,14-15H,2-7H2,1H3;8-10,14H,2-7H2,1H3;8-9H,2-7,14H2,1H3;8-9,13H,3-7H2,1-2H3;8-9H,2-7,13H2,1H3;5-7H,2-4H2,1H3/t8-,9+;2*9-,10+;3*8-,9+;6-,7+/m1111111/s1. The van der Waals surface area contributed by atoms with Crippen molar-refractivity contribution in [2.24, 2.45) is 33.8 Å². The second-order valence-corrected chi connectivity index (χ2v) is 39.7. The summed E-state index contributed by atoms with van der Waals surface area (Å²) in [6.45, 7) is 11.9. The van der Waals surface area contributed by atoms with Crippen LogP contribution in [0, 0.1) is 5.92 Å². The fraction of sp³-hybridized carbons (Fsp3) is 0.744. The van der Waals surface area contributed by atoms with Crippen LogP contribution in [-0.4, -0.2) is 390 Å². The Balaban J connectivity index is 0.000000103. The predicted octanol–water partition coefficient (Wildman–Crippen LogP) is 2.30. The highest BCUT2D eigenvalue weighted by Crippen LogP contribution is 2.50. The van der Waals surface area contributed by atoms with Crippen LogP contribution in [0.2, 0.25) is 0 Å². The zero-order valence-corrected chi connectivity index (χ0v) is 79.2. The van der Waals surface area contributed by atoms with Crippen molar-refractivity contribution < 1.29 is 64.5 Å². The molecule has 2 aliphatic carbocycles. The highest BCUT2D eigenvalue weighted by atomic mass is 16.4. The van der Waals surface area contributed by atoms with Crippen LogP contribution in [0.4, 0.5) is 33.6 Å². The minimum absolute atomic E-state index is 0.0267. The number of urea groups is 7. The summed E-state index contributed by atoms with van der Waals surface area (Å²) >= 11 is 0. The molecule has 0 aromatic carbocycles. The average molecular weight is 1910 g/mol. The molecule has 7 aromatic heterocycles. The van der Waals surface area contributed by atoms with Crippen molar-refractivity contribution in [1.82, 2.24) is 161 Å². The van der Waals surface area contributed by atoms with Crippen LogP contribution in [0.3, 0.4) is 0 Å². The van der Waals surface area contributed by atoms with Crippen LogP contribution in [0.1, 0.15) is 241 Å². The van der Waals surface area contributed by atoms with E-state index in [1.54, 1.807) is 9.80 Å². The van der Waals surface area contributed by atoms with Gasteiger partial charge in [0.1, 0.15) is 42.3 Å². The summed E-state index contributed by atoms with van der Waals surface area (Å²) in [5, 5.41) is 69.9. The van der Waals surface area contributed by atoms with Crippen LogP contribution in [0.5, 0.6) is 0 Å².